The van der Waals surface area contributed by atoms with Crippen LogP contribution in [-0.4, -0.2) is 37.5 Å². The Hall–Kier alpha value is -2.09. The summed E-state index contributed by atoms with van der Waals surface area (Å²) >= 11 is 0. The summed E-state index contributed by atoms with van der Waals surface area (Å²) in [7, 11) is 1.63. The van der Waals surface area contributed by atoms with Crippen molar-refractivity contribution in [2.75, 3.05) is 18.9 Å². The van der Waals surface area contributed by atoms with Crippen LogP contribution in [0.15, 0.2) is 12.1 Å². The molecule has 128 valence electrons. The predicted octanol–water partition coefficient (Wildman–Crippen LogP) is 0.470. The van der Waals surface area contributed by atoms with E-state index in [1.807, 2.05) is 13.8 Å². The van der Waals surface area contributed by atoms with Crippen molar-refractivity contribution < 1.29 is 27.7 Å². The van der Waals surface area contributed by atoms with Gasteiger partial charge in [0, 0.05) is 6.04 Å². The molecule has 0 saturated carbocycles. The topological polar surface area (TPSA) is 62.6 Å². The average molecular weight is 332 g/mol. The van der Waals surface area contributed by atoms with Gasteiger partial charge in [-0.15, -0.1) is 0 Å². The van der Waals surface area contributed by atoms with Crippen LogP contribution in [0.2, 0.25) is 0 Å². The Balaban J connectivity index is 2.70. The van der Waals surface area contributed by atoms with Gasteiger partial charge in [0.05, 0.1) is 12.7 Å². The van der Waals surface area contributed by atoms with E-state index in [1.165, 1.54) is 0 Å². The van der Waals surface area contributed by atoms with Gasteiger partial charge in [0.1, 0.15) is 0 Å². The molecule has 0 heterocycles. The summed E-state index contributed by atoms with van der Waals surface area (Å²) in [6, 6.07) is 0.959. The number of nitrogens with one attached hydrogen (secondary N) is 3. The Morgan fingerprint density at radius 3 is 2.30 bits per heavy atom. The lowest BCUT2D eigenvalue weighted by atomic mass is 10.2. The van der Waals surface area contributed by atoms with Crippen LogP contribution in [-0.2, 0) is 9.59 Å². The van der Waals surface area contributed by atoms with Crippen molar-refractivity contribution >= 4 is 17.5 Å². The average Bonchev–Trinajstić information content (AvgIpc) is 2.45. The molecule has 0 spiro atoms. The quantitative estimate of drug-likeness (QED) is 0.663. The number of benzene rings is 1. The van der Waals surface area contributed by atoms with Gasteiger partial charge in [0.25, 0.3) is 11.8 Å². The number of carbonyl (C=O) groups excluding carboxylic acids is 2. The van der Waals surface area contributed by atoms with E-state index in [1.54, 1.807) is 14.0 Å². The molecule has 3 N–H and O–H groups in total. The van der Waals surface area contributed by atoms with Crippen LogP contribution >= 0.6 is 0 Å². The van der Waals surface area contributed by atoms with Gasteiger partial charge in [-0.25, -0.2) is 13.2 Å². The van der Waals surface area contributed by atoms with Gasteiger partial charge >= 0.3 is 0 Å². The molecule has 2 amide bonds. The number of halogens is 3. The van der Waals surface area contributed by atoms with Gasteiger partial charge in [-0.3, -0.25) is 9.59 Å². The SMILES string of the molecule is CC(C)NC(=O)C[NH+](C)[C@H](C)C(=O)Nc1ccc(F)c(F)c1F. The number of carbonyl (C=O) groups is 2. The molecule has 1 aromatic carbocycles. The molecule has 0 fully saturated rings. The highest BCUT2D eigenvalue weighted by Crippen LogP contribution is 2.19. The summed E-state index contributed by atoms with van der Waals surface area (Å²) in [4.78, 5) is 24.3. The number of anilines is 1. The molecule has 0 radical (unpaired) electrons. The maximum absolute atomic E-state index is 13.5. The molecule has 8 heteroatoms. The number of hydrogen-bond donors (Lipinski definition) is 3. The van der Waals surface area contributed by atoms with Crippen molar-refractivity contribution in [3.05, 3.63) is 29.6 Å². The van der Waals surface area contributed by atoms with Crippen LogP contribution in [0.1, 0.15) is 20.8 Å². The first kappa shape index (κ1) is 19.0. The second-order valence-corrected chi connectivity index (χ2v) is 5.68. The lowest BCUT2D eigenvalue weighted by molar-refractivity contribution is -0.885. The Labute approximate surface area is 132 Å². The van der Waals surface area contributed by atoms with E-state index < -0.39 is 35.1 Å². The fraction of sp³-hybridized carbons (Fsp3) is 0.467. The first-order valence-corrected chi connectivity index (χ1v) is 7.19. The standard InChI is InChI=1S/C15H20F3N3O2/c1-8(2)19-12(22)7-21(4)9(3)15(23)20-11-6-5-10(16)13(17)14(11)18/h5-6,8-9H,7H2,1-4H3,(H,19,22)(H,20,23)/p+1/t9-/m1/s1. The third-order valence-electron chi connectivity index (χ3n) is 3.31. The van der Waals surface area contributed by atoms with Crippen molar-refractivity contribution in [1.82, 2.24) is 5.32 Å². The molecular formula is C15H21F3N3O2+. The van der Waals surface area contributed by atoms with Gasteiger partial charge < -0.3 is 15.5 Å². The van der Waals surface area contributed by atoms with Crippen molar-refractivity contribution in [1.29, 1.82) is 0 Å². The Morgan fingerprint density at radius 1 is 1.13 bits per heavy atom. The number of quaternary nitrogens is 1. The molecule has 0 aliphatic carbocycles. The zero-order valence-corrected chi connectivity index (χ0v) is 13.5. The first-order chi connectivity index (χ1) is 10.6. The fourth-order valence-corrected chi connectivity index (χ4v) is 1.87. The summed E-state index contributed by atoms with van der Waals surface area (Å²) < 4.78 is 39.5. The van der Waals surface area contributed by atoms with E-state index in [2.05, 4.69) is 10.6 Å². The minimum Gasteiger partial charge on any atom is -0.349 e. The molecule has 0 saturated heterocycles. The predicted molar refractivity (Wildman–Crippen MR) is 79.4 cm³/mol. The van der Waals surface area contributed by atoms with E-state index in [-0.39, 0.29) is 18.5 Å². The number of hydrogen-bond acceptors (Lipinski definition) is 2. The molecule has 5 nitrogen and oxygen atoms in total. The molecule has 1 unspecified atom stereocenters. The lowest BCUT2D eigenvalue weighted by Crippen LogP contribution is -3.15. The Morgan fingerprint density at radius 2 is 1.74 bits per heavy atom. The maximum atomic E-state index is 13.5. The fourth-order valence-electron chi connectivity index (χ4n) is 1.87. The van der Waals surface area contributed by atoms with Gasteiger partial charge in [0.2, 0.25) is 0 Å². The third kappa shape index (κ3) is 5.24. The summed E-state index contributed by atoms with van der Waals surface area (Å²) in [5.74, 6) is -5.27. The van der Waals surface area contributed by atoms with Crippen molar-refractivity contribution in [2.24, 2.45) is 0 Å². The highest BCUT2D eigenvalue weighted by atomic mass is 19.2. The highest BCUT2D eigenvalue weighted by Gasteiger charge is 2.25. The van der Waals surface area contributed by atoms with E-state index in [9.17, 15) is 22.8 Å². The van der Waals surface area contributed by atoms with E-state index in [0.29, 0.717) is 4.90 Å². The molecule has 0 aromatic heterocycles. The Bertz CT molecular complexity index is 594. The third-order valence-corrected chi connectivity index (χ3v) is 3.31. The molecular weight excluding hydrogens is 311 g/mol. The van der Waals surface area contributed by atoms with Crippen LogP contribution in [0.3, 0.4) is 0 Å². The van der Waals surface area contributed by atoms with E-state index in [4.69, 9.17) is 0 Å². The first-order valence-electron chi connectivity index (χ1n) is 7.19. The second kappa shape index (κ2) is 7.96. The summed E-state index contributed by atoms with van der Waals surface area (Å²) in [6.45, 7) is 5.22. The monoisotopic (exact) mass is 332 g/mol. The van der Waals surface area contributed by atoms with Crippen LogP contribution in [0, 0.1) is 17.5 Å². The number of likely N-dealkylation sites (N-methyl/N-ethyl adjacent to an activating group) is 1. The highest BCUT2D eigenvalue weighted by molar-refractivity contribution is 5.93. The summed E-state index contributed by atoms with van der Waals surface area (Å²) in [6.07, 6.45) is 0. The van der Waals surface area contributed by atoms with Crippen LogP contribution < -0.4 is 15.5 Å². The molecule has 1 rings (SSSR count). The van der Waals surface area contributed by atoms with Crippen LogP contribution in [0.5, 0.6) is 0 Å². The van der Waals surface area contributed by atoms with Gasteiger partial charge in [-0.2, -0.15) is 0 Å². The lowest BCUT2D eigenvalue weighted by Gasteiger charge is -2.21. The normalized spacial score (nSPS) is 13.6. The molecule has 1 aromatic rings. The Kier molecular flexibility index (Phi) is 6.56. The molecule has 0 aliphatic rings. The molecule has 2 atom stereocenters. The van der Waals surface area contributed by atoms with Crippen molar-refractivity contribution in [2.45, 2.75) is 32.9 Å². The molecule has 0 aliphatic heterocycles. The minimum absolute atomic E-state index is 0.0179. The van der Waals surface area contributed by atoms with Gasteiger partial charge in [-0.1, -0.05) is 0 Å². The second-order valence-electron chi connectivity index (χ2n) is 5.68. The minimum atomic E-state index is -1.65. The van der Waals surface area contributed by atoms with Crippen molar-refractivity contribution in [3.8, 4) is 0 Å². The summed E-state index contributed by atoms with van der Waals surface area (Å²) in [5.41, 5.74) is -0.444. The van der Waals surface area contributed by atoms with E-state index in [0.717, 1.165) is 12.1 Å². The summed E-state index contributed by atoms with van der Waals surface area (Å²) in [5, 5.41) is 4.90. The van der Waals surface area contributed by atoms with E-state index >= 15 is 0 Å². The number of rotatable bonds is 6. The van der Waals surface area contributed by atoms with Crippen LogP contribution in [0.25, 0.3) is 0 Å². The number of amides is 2. The largest absolute Gasteiger partial charge is 0.349 e. The van der Waals surface area contributed by atoms with Gasteiger partial charge in [0.15, 0.2) is 30.0 Å². The molecule has 0 bridgehead atoms. The molecule has 23 heavy (non-hydrogen) atoms. The smallest absolute Gasteiger partial charge is 0.282 e. The van der Waals surface area contributed by atoms with Crippen LogP contribution in [0.4, 0.5) is 18.9 Å². The van der Waals surface area contributed by atoms with Crippen molar-refractivity contribution in [3.63, 3.8) is 0 Å². The van der Waals surface area contributed by atoms with Gasteiger partial charge in [-0.05, 0) is 32.9 Å². The zero-order chi connectivity index (χ0) is 17.7. The maximum Gasteiger partial charge on any atom is 0.282 e. The zero-order valence-electron chi connectivity index (χ0n) is 13.5.